The maximum absolute atomic E-state index is 5.32. The molecule has 1 atom stereocenters. The SMILES string of the molecule is CNC(c1ccc(OC)c(OC)c1)C1CC1. The molecule has 0 spiro atoms. The van der Waals surface area contributed by atoms with Crippen LogP contribution in [0.15, 0.2) is 18.2 Å². The Morgan fingerprint density at radius 1 is 1.19 bits per heavy atom. The van der Waals surface area contributed by atoms with Crippen LogP contribution in [-0.4, -0.2) is 21.3 Å². The van der Waals surface area contributed by atoms with Crippen molar-refractivity contribution in [2.24, 2.45) is 5.92 Å². The van der Waals surface area contributed by atoms with Crippen LogP contribution in [0, 0.1) is 5.92 Å². The van der Waals surface area contributed by atoms with Crippen molar-refractivity contribution in [3.8, 4) is 11.5 Å². The molecule has 1 fully saturated rings. The fourth-order valence-corrected chi connectivity index (χ4v) is 2.15. The smallest absolute Gasteiger partial charge is 0.161 e. The molecule has 1 aliphatic carbocycles. The molecule has 16 heavy (non-hydrogen) atoms. The Bertz CT molecular complexity index is 361. The first-order valence-electron chi connectivity index (χ1n) is 5.69. The lowest BCUT2D eigenvalue weighted by Crippen LogP contribution is -2.18. The lowest BCUT2D eigenvalue weighted by atomic mass is 10.0. The molecule has 0 bridgehead atoms. The Kier molecular flexibility index (Phi) is 3.34. The normalized spacial score (nSPS) is 16.9. The summed E-state index contributed by atoms with van der Waals surface area (Å²) in [6, 6.07) is 6.60. The second-order valence-electron chi connectivity index (χ2n) is 4.22. The second kappa shape index (κ2) is 4.74. The van der Waals surface area contributed by atoms with Gasteiger partial charge in [0.05, 0.1) is 14.2 Å². The number of hydrogen-bond donors (Lipinski definition) is 1. The number of rotatable bonds is 5. The first kappa shape index (κ1) is 11.3. The van der Waals surface area contributed by atoms with Gasteiger partial charge < -0.3 is 14.8 Å². The lowest BCUT2D eigenvalue weighted by molar-refractivity contribution is 0.353. The first-order valence-corrected chi connectivity index (χ1v) is 5.69. The van der Waals surface area contributed by atoms with Gasteiger partial charge in [-0.25, -0.2) is 0 Å². The van der Waals surface area contributed by atoms with Gasteiger partial charge in [-0.15, -0.1) is 0 Å². The van der Waals surface area contributed by atoms with Crippen LogP contribution >= 0.6 is 0 Å². The van der Waals surface area contributed by atoms with Crippen molar-refractivity contribution in [2.45, 2.75) is 18.9 Å². The van der Waals surface area contributed by atoms with Gasteiger partial charge in [0.2, 0.25) is 0 Å². The maximum atomic E-state index is 5.32. The summed E-state index contributed by atoms with van der Waals surface area (Å²) in [5.74, 6) is 2.38. The summed E-state index contributed by atoms with van der Waals surface area (Å²) in [7, 11) is 5.35. The predicted octanol–water partition coefficient (Wildman–Crippen LogP) is 2.37. The van der Waals surface area contributed by atoms with Crippen LogP contribution in [0.4, 0.5) is 0 Å². The standard InChI is InChI=1S/C13H19NO2/c1-14-13(9-4-5-9)10-6-7-11(15-2)12(8-10)16-3/h6-9,13-14H,4-5H2,1-3H3. The number of nitrogens with one attached hydrogen (secondary N) is 1. The highest BCUT2D eigenvalue weighted by atomic mass is 16.5. The summed E-state index contributed by atoms with van der Waals surface area (Å²) in [6.07, 6.45) is 2.64. The van der Waals surface area contributed by atoms with Gasteiger partial charge in [0.15, 0.2) is 11.5 Å². The van der Waals surface area contributed by atoms with Crippen molar-refractivity contribution in [3.05, 3.63) is 23.8 Å². The third kappa shape index (κ3) is 2.14. The van der Waals surface area contributed by atoms with Gasteiger partial charge in [-0.1, -0.05) is 6.07 Å². The molecule has 1 aromatic carbocycles. The number of benzene rings is 1. The van der Waals surface area contributed by atoms with Gasteiger partial charge in [0, 0.05) is 6.04 Å². The lowest BCUT2D eigenvalue weighted by Gasteiger charge is -2.17. The van der Waals surface area contributed by atoms with Crippen molar-refractivity contribution < 1.29 is 9.47 Å². The van der Waals surface area contributed by atoms with E-state index in [2.05, 4.69) is 17.4 Å². The molecule has 3 heteroatoms. The largest absolute Gasteiger partial charge is 0.493 e. The van der Waals surface area contributed by atoms with Gasteiger partial charge >= 0.3 is 0 Å². The van der Waals surface area contributed by atoms with Gasteiger partial charge in [0.1, 0.15) is 0 Å². The molecule has 0 radical (unpaired) electrons. The van der Waals surface area contributed by atoms with E-state index in [9.17, 15) is 0 Å². The highest BCUT2D eigenvalue weighted by Crippen LogP contribution is 2.42. The van der Waals surface area contributed by atoms with Crippen molar-refractivity contribution in [3.63, 3.8) is 0 Å². The van der Waals surface area contributed by atoms with Gasteiger partial charge in [-0.05, 0) is 43.5 Å². The van der Waals surface area contributed by atoms with E-state index in [4.69, 9.17) is 9.47 Å². The Balaban J connectivity index is 2.26. The number of hydrogen-bond acceptors (Lipinski definition) is 3. The van der Waals surface area contributed by atoms with Crippen LogP contribution in [0.1, 0.15) is 24.4 Å². The zero-order chi connectivity index (χ0) is 11.5. The Labute approximate surface area is 96.8 Å². The maximum Gasteiger partial charge on any atom is 0.161 e. The highest BCUT2D eigenvalue weighted by molar-refractivity contribution is 5.44. The molecule has 0 aromatic heterocycles. The van der Waals surface area contributed by atoms with E-state index in [0.29, 0.717) is 6.04 Å². The van der Waals surface area contributed by atoms with Crippen LogP contribution in [0.25, 0.3) is 0 Å². The Morgan fingerprint density at radius 3 is 2.38 bits per heavy atom. The van der Waals surface area contributed by atoms with Crippen LogP contribution in [0.2, 0.25) is 0 Å². The molecule has 1 aliphatic rings. The summed E-state index contributed by atoms with van der Waals surface area (Å²) in [6.45, 7) is 0. The summed E-state index contributed by atoms with van der Waals surface area (Å²) in [5.41, 5.74) is 1.28. The zero-order valence-corrected chi connectivity index (χ0v) is 10.1. The van der Waals surface area contributed by atoms with E-state index in [-0.39, 0.29) is 0 Å². The monoisotopic (exact) mass is 221 g/mol. The van der Waals surface area contributed by atoms with E-state index in [0.717, 1.165) is 17.4 Å². The summed E-state index contributed by atoms with van der Waals surface area (Å²) in [4.78, 5) is 0. The van der Waals surface area contributed by atoms with Crippen LogP contribution in [-0.2, 0) is 0 Å². The number of methoxy groups -OCH3 is 2. The molecule has 0 heterocycles. The van der Waals surface area contributed by atoms with Crippen LogP contribution < -0.4 is 14.8 Å². The molecular formula is C13H19NO2. The van der Waals surface area contributed by atoms with Gasteiger partial charge in [0.25, 0.3) is 0 Å². The predicted molar refractivity (Wildman–Crippen MR) is 64.1 cm³/mol. The third-order valence-electron chi connectivity index (χ3n) is 3.17. The van der Waals surface area contributed by atoms with E-state index in [1.54, 1.807) is 14.2 Å². The minimum absolute atomic E-state index is 0.444. The first-order chi connectivity index (χ1) is 7.80. The molecule has 0 aliphatic heterocycles. The molecule has 0 saturated heterocycles. The Hall–Kier alpha value is -1.22. The Morgan fingerprint density at radius 2 is 1.88 bits per heavy atom. The molecule has 2 rings (SSSR count). The topological polar surface area (TPSA) is 30.5 Å². The van der Waals surface area contributed by atoms with E-state index >= 15 is 0 Å². The third-order valence-corrected chi connectivity index (χ3v) is 3.17. The molecule has 1 aromatic rings. The van der Waals surface area contributed by atoms with E-state index < -0.39 is 0 Å². The van der Waals surface area contributed by atoms with Crippen molar-refractivity contribution in [1.82, 2.24) is 5.32 Å². The van der Waals surface area contributed by atoms with E-state index in [1.807, 2.05) is 13.1 Å². The number of ether oxygens (including phenoxy) is 2. The fourth-order valence-electron chi connectivity index (χ4n) is 2.15. The molecule has 1 N–H and O–H groups in total. The molecule has 0 amide bonds. The second-order valence-corrected chi connectivity index (χ2v) is 4.22. The average molecular weight is 221 g/mol. The molecule has 3 nitrogen and oxygen atoms in total. The summed E-state index contributed by atoms with van der Waals surface area (Å²) >= 11 is 0. The zero-order valence-electron chi connectivity index (χ0n) is 10.1. The van der Waals surface area contributed by atoms with Gasteiger partial charge in [-0.2, -0.15) is 0 Å². The van der Waals surface area contributed by atoms with Gasteiger partial charge in [-0.3, -0.25) is 0 Å². The van der Waals surface area contributed by atoms with E-state index in [1.165, 1.54) is 18.4 Å². The minimum Gasteiger partial charge on any atom is -0.493 e. The quantitative estimate of drug-likeness (QED) is 0.828. The summed E-state index contributed by atoms with van der Waals surface area (Å²) in [5, 5.41) is 3.37. The van der Waals surface area contributed by atoms with Crippen molar-refractivity contribution in [2.75, 3.05) is 21.3 Å². The molecule has 88 valence electrons. The van der Waals surface area contributed by atoms with Crippen molar-refractivity contribution >= 4 is 0 Å². The minimum atomic E-state index is 0.444. The molecule has 1 unspecified atom stereocenters. The molecular weight excluding hydrogens is 202 g/mol. The molecule has 1 saturated carbocycles. The fraction of sp³-hybridized carbons (Fsp3) is 0.538. The van der Waals surface area contributed by atoms with Crippen LogP contribution in [0.5, 0.6) is 11.5 Å². The van der Waals surface area contributed by atoms with Crippen LogP contribution in [0.3, 0.4) is 0 Å². The van der Waals surface area contributed by atoms with Crippen molar-refractivity contribution in [1.29, 1.82) is 0 Å². The highest BCUT2D eigenvalue weighted by Gasteiger charge is 2.31. The summed E-state index contributed by atoms with van der Waals surface area (Å²) < 4.78 is 10.6. The average Bonchev–Trinajstić information content (AvgIpc) is 3.14.